The van der Waals surface area contributed by atoms with E-state index >= 15 is 0 Å². The van der Waals surface area contributed by atoms with E-state index in [0.717, 1.165) is 65.9 Å². The maximum atomic E-state index is 12.1. The van der Waals surface area contributed by atoms with E-state index in [9.17, 15) is 14.7 Å². The number of rotatable bonds is 12. The molecule has 1 fully saturated rings. The Kier molecular flexibility index (Phi) is 9.73. The van der Waals surface area contributed by atoms with Gasteiger partial charge in [0.2, 0.25) is 0 Å². The van der Waals surface area contributed by atoms with Crippen LogP contribution >= 0.6 is 11.3 Å². The topological polar surface area (TPSA) is 167 Å². The van der Waals surface area contributed by atoms with Crippen LogP contribution in [0.2, 0.25) is 0 Å². The Bertz CT molecular complexity index is 1290. The van der Waals surface area contributed by atoms with Gasteiger partial charge in [-0.15, -0.1) is 11.3 Å². The number of nitrogens with zero attached hydrogens (tertiary/aromatic N) is 2. The highest BCUT2D eigenvalue weighted by molar-refractivity contribution is 7.21. The van der Waals surface area contributed by atoms with Crippen molar-refractivity contribution in [2.45, 2.75) is 51.2 Å². The Morgan fingerprint density at radius 1 is 1.23 bits per heavy atom. The molecular weight excluding hydrogens is 516 g/mol. The van der Waals surface area contributed by atoms with Crippen molar-refractivity contribution >= 4 is 44.9 Å². The number of benzene rings is 1. The zero-order valence-electron chi connectivity index (χ0n) is 22.3. The van der Waals surface area contributed by atoms with Crippen LogP contribution in [0.15, 0.2) is 30.3 Å². The summed E-state index contributed by atoms with van der Waals surface area (Å²) < 4.78 is 0. The third kappa shape index (κ3) is 6.85. The van der Waals surface area contributed by atoms with Gasteiger partial charge in [0, 0.05) is 49.8 Å². The zero-order chi connectivity index (χ0) is 27.9. The highest BCUT2D eigenvalue weighted by Gasteiger charge is 2.24. The van der Waals surface area contributed by atoms with Gasteiger partial charge in [0.1, 0.15) is 15.5 Å². The molecule has 0 aliphatic carbocycles. The maximum absolute atomic E-state index is 12.1. The van der Waals surface area contributed by atoms with Gasteiger partial charge >= 0.3 is 0 Å². The number of anilines is 2. The molecule has 1 aromatic carbocycles. The van der Waals surface area contributed by atoms with Crippen LogP contribution in [0.3, 0.4) is 0 Å². The number of carbonyl (C=O) groups is 2. The number of pyridine rings is 1. The summed E-state index contributed by atoms with van der Waals surface area (Å²) in [5, 5.41) is 26.6. The number of aliphatic hydroxyl groups is 2. The molecule has 3 heterocycles. The monoisotopic (exact) mass is 554 g/mol. The number of nitrogens with two attached hydrogens (primary N) is 2. The Hall–Kier alpha value is -3.25. The molecule has 2 aromatic heterocycles. The minimum atomic E-state index is -0.682. The van der Waals surface area contributed by atoms with Gasteiger partial charge in [0.05, 0.1) is 11.8 Å². The van der Waals surface area contributed by atoms with Gasteiger partial charge in [-0.05, 0) is 55.0 Å². The zero-order valence-corrected chi connectivity index (χ0v) is 23.1. The van der Waals surface area contributed by atoms with E-state index < -0.39 is 12.0 Å². The summed E-state index contributed by atoms with van der Waals surface area (Å²) in [6.07, 6.45) is 3.44. The number of amides is 2. The molecule has 0 spiro atoms. The van der Waals surface area contributed by atoms with Gasteiger partial charge in [-0.25, -0.2) is 4.98 Å². The number of nitrogen functional groups attached to an aromatic ring is 1. The lowest BCUT2D eigenvalue weighted by Gasteiger charge is -2.34. The highest BCUT2D eigenvalue weighted by atomic mass is 32.1. The van der Waals surface area contributed by atoms with Crippen LogP contribution in [-0.4, -0.2) is 65.8 Å². The van der Waals surface area contributed by atoms with Gasteiger partial charge in [-0.3, -0.25) is 9.59 Å². The van der Waals surface area contributed by atoms with E-state index in [2.05, 4.69) is 28.5 Å². The molecule has 8 N–H and O–H groups in total. The number of primary amides is 1. The van der Waals surface area contributed by atoms with Crippen LogP contribution in [0.25, 0.3) is 10.2 Å². The summed E-state index contributed by atoms with van der Waals surface area (Å²) in [5.41, 5.74) is 14.6. The summed E-state index contributed by atoms with van der Waals surface area (Å²) >= 11 is 1.26. The molecule has 1 saturated heterocycles. The van der Waals surface area contributed by atoms with Crippen molar-refractivity contribution in [1.29, 1.82) is 0 Å². The molecule has 1 aliphatic rings. The third-order valence-corrected chi connectivity index (χ3v) is 8.22. The molecule has 39 heavy (non-hydrogen) atoms. The first-order chi connectivity index (χ1) is 18.8. The number of nitrogens with one attached hydrogen (secondary N) is 2. The Labute approximate surface area is 232 Å². The summed E-state index contributed by atoms with van der Waals surface area (Å²) in [7, 11) is 0. The number of fused-ring (bicyclic) bond motifs is 1. The SMILES string of the molecule is CCCc1cc(N2CCC(NCC(O)c3ccc(C(=O)NCCCO)cc3)CC2)nc2sc(C(N)=O)c(N)c12. The molecule has 1 aliphatic heterocycles. The van der Waals surface area contributed by atoms with E-state index in [-0.39, 0.29) is 18.6 Å². The third-order valence-electron chi connectivity index (χ3n) is 7.11. The summed E-state index contributed by atoms with van der Waals surface area (Å²) in [6, 6.07) is 9.31. The van der Waals surface area contributed by atoms with Crippen molar-refractivity contribution in [3.8, 4) is 0 Å². The number of aryl methyl sites for hydroxylation is 1. The average molecular weight is 555 g/mol. The molecule has 0 bridgehead atoms. The van der Waals surface area contributed by atoms with Crippen molar-refractivity contribution in [3.63, 3.8) is 0 Å². The van der Waals surface area contributed by atoms with Crippen molar-refractivity contribution in [3.05, 3.63) is 51.9 Å². The van der Waals surface area contributed by atoms with Crippen molar-refractivity contribution < 1.29 is 19.8 Å². The van der Waals surface area contributed by atoms with Crippen molar-refractivity contribution in [2.24, 2.45) is 5.73 Å². The second-order valence-corrected chi connectivity index (χ2v) is 10.9. The highest BCUT2D eigenvalue weighted by Crippen LogP contribution is 2.37. The quantitative estimate of drug-likeness (QED) is 0.186. The lowest BCUT2D eigenvalue weighted by atomic mass is 10.0. The number of hydrogen-bond acceptors (Lipinski definition) is 9. The van der Waals surface area contributed by atoms with E-state index in [1.165, 1.54) is 11.3 Å². The molecule has 10 nitrogen and oxygen atoms in total. The predicted molar refractivity (Wildman–Crippen MR) is 155 cm³/mol. The van der Waals surface area contributed by atoms with Crippen LogP contribution in [-0.2, 0) is 6.42 Å². The van der Waals surface area contributed by atoms with Crippen LogP contribution in [0.1, 0.15) is 69.9 Å². The van der Waals surface area contributed by atoms with Gasteiger partial charge < -0.3 is 37.2 Å². The number of carbonyl (C=O) groups excluding carboxylic acids is 2. The van der Waals surface area contributed by atoms with Gasteiger partial charge in [0.15, 0.2) is 0 Å². The molecule has 1 atom stereocenters. The number of hydrogen-bond donors (Lipinski definition) is 6. The van der Waals surface area contributed by atoms with E-state index in [1.807, 2.05) is 0 Å². The number of aromatic nitrogens is 1. The first-order valence-electron chi connectivity index (χ1n) is 13.5. The molecular formula is C28H38N6O4S. The molecule has 0 radical (unpaired) electrons. The number of thiophene rings is 1. The Balaban J connectivity index is 1.32. The standard InChI is InChI=1S/C28H38N6O4S/c1-2-4-19-15-22(33-28-23(19)24(29)25(39-28)26(30)37)34-12-9-20(10-13-34)32-16-21(36)17-5-7-18(8-6-17)27(38)31-11-3-14-35/h5-8,15,20-21,32,35-36H,2-4,9-14,16,29H2,1H3,(H2,30,37)(H,31,38). The fourth-order valence-corrected chi connectivity index (χ4v) is 5.93. The average Bonchev–Trinajstić information content (AvgIpc) is 3.29. The summed E-state index contributed by atoms with van der Waals surface area (Å²) in [6.45, 7) is 4.63. The first kappa shape index (κ1) is 28.8. The molecule has 210 valence electrons. The number of aliphatic hydroxyl groups excluding tert-OH is 2. The maximum Gasteiger partial charge on any atom is 0.260 e. The van der Waals surface area contributed by atoms with Crippen LogP contribution in [0.4, 0.5) is 11.5 Å². The smallest absolute Gasteiger partial charge is 0.260 e. The molecule has 2 amide bonds. The minimum Gasteiger partial charge on any atom is -0.397 e. The second-order valence-electron chi connectivity index (χ2n) is 9.92. The van der Waals surface area contributed by atoms with Crippen molar-refractivity contribution in [1.82, 2.24) is 15.6 Å². The van der Waals surface area contributed by atoms with E-state index in [0.29, 0.717) is 35.6 Å². The van der Waals surface area contributed by atoms with Crippen LogP contribution < -0.4 is 27.0 Å². The molecule has 1 unspecified atom stereocenters. The van der Waals surface area contributed by atoms with Crippen LogP contribution in [0, 0.1) is 0 Å². The minimum absolute atomic E-state index is 0.0356. The second kappa shape index (κ2) is 13.2. The molecule has 11 heteroatoms. The predicted octanol–water partition coefficient (Wildman–Crippen LogP) is 2.33. The van der Waals surface area contributed by atoms with Gasteiger partial charge in [-0.2, -0.15) is 0 Å². The Morgan fingerprint density at radius 3 is 2.59 bits per heavy atom. The Morgan fingerprint density at radius 2 is 1.95 bits per heavy atom. The van der Waals surface area contributed by atoms with E-state index in [1.54, 1.807) is 24.3 Å². The lowest BCUT2D eigenvalue weighted by Crippen LogP contribution is -2.44. The van der Waals surface area contributed by atoms with Gasteiger partial charge in [0.25, 0.3) is 11.8 Å². The fraction of sp³-hybridized carbons (Fsp3) is 0.464. The lowest BCUT2D eigenvalue weighted by molar-refractivity contribution is 0.0949. The van der Waals surface area contributed by atoms with Crippen molar-refractivity contribution in [2.75, 3.05) is 43.4 Å². The molecule has 4 rings (SSSR count). The molecule has 0 saturated carbocycles. The molecule has 3 aromatic rings. The van der Waals surface area contributed by atoms with Gasteiger partial charge in [-0.1, -0.05) is 25.5 Å². The normalized spacial score (nSPS) is 15.0. The largest absolute Gasteiger partial charge is 0.397 e. The summed E-state index contributed by atoms with van der Waals surface area (Å²) in [5.74, 6) is 0.173. The number of piperidine rings is 1. The fourth-order valence-electron chi connectivity index (χ4n) is 4.94. The van der Waals surface area contributed by atoms with E-state index in [4.69, 9.17) is 21.6 Å². The first-order valence-corrected chi connectivity index (χ1v) is 14.3. The van der Waals surface area contributed by atoms with Crippen LogP contribution in [0.5, 0.6) is 0 Å². The summed E-state index contributed by atoms with van der Waals surface area (Å²) in [4.78, 5) is 32.2.